The lowest BCUT2D eigenvalue weighted by Crippen LogP contribution is -2.46. The summed E-state index contributed by atoms with van der Waals surface area (Å²) in [5, 5.41) is 4.37. The summed E-state index contributed by atoms with van der Waals surface area (Å²) in [6, 6.07) is 12.0. The van der Waals surface area contributed by atoms with Gasteiger partial charge in [0.05, 0.1) is 18.5 Å². The van der Waals surface area contributed by atoms with Crippen LogP contribution >= 0.6 is 0 Å². The van der Waals surface area contributed by atoms with Crippen LogP contribution in [0, 0.1) is 0 Å². The zero-order chi connectivity index (χ0) is 17.2. The van der Waals surface area contributed by atoms with E-state index >= 15 is 0 Å². The lowest BCUT2D eigenvalue weighted by molar-refractivity contribution is 0.412. The highest BCUT2D eigenvalue weighted by Gasteiger charge is 2.27. The van der Waals surface area contributed by atoms with Gasteiger partial charge in [0.1, 0.15) is 23.7 Å². The summed E-state index contributed by atoms with van der Waals surface area (Å²) < 4.78 is 5.38. The van der Waals surface area contributed by atoms with Gasteiger partial charge in [0.15, 0.2) is 5.65 Å². The number of nitrogen functional groups attached to an aromatic ring is 1. The Labute approximate surface area is 145 Å². The van der Waals surface area contributed by atoms with E-state index in [1.165, 1.54) is 5.56 Å². The number of rotatable bonds is 3. The third kappa shape index (κ3) is 2.94. The molecule has 0 amide bonds. The van der Waals surface area contributed by atoms with Crippen molar-refractivity contribution in [1.29, 1.82) is 0 Å². The molecule has 1 aliphatic rings. The van der Waals surface area contributed by atoms with Crippen LogP contribution in [0.15, 0.2) is 42.7 Å². The van der Waals surface area contributed by atoms with Gasteiger partial charge in [-0.25, -0.2) is 15.0 Å². The van der Waals surface area contributed by atoms with Gasteiger partial charge in [-0.1, -0.05) is 12.1 Å². The predicted octanol–water partition coefficient (Wildman–Crippen LogP) is 1.77. The number of hydrogen-bond donors (Lipinski definition) is 2. The molecular formula is C18H20N6O. The number of nitrogens with two attached hydrogens (primary N) is 1. The average molecular weight is 336 g/mol. The van der Waals surface area contributed by atoms with Crippen LogP contribution in [-0.4, -0.2) is 41.7 Å². The molecule has 0 radical (unpaired) electrons. The Bertz CT molecular complexity index is 900. The number of piperazine rings is 1. The first-order valence-electron chi connectivity index (χ1n) is 8.25. The minimum Gasteiger partial charge on any atom is -0.497 e. The normalized spacial score (nSPS) is 17.6. The van der Waals surface area contributed by atoms with Crippen LogP contribution in [0.5, 0.6) is 5.75 Å². The quantitative estimate of drug-likeness (QED) is 0.753. The maximum absolute atomic E-state index is 5.79. The molecule has 1 unspecified atom stereocenters. The van der Waals surface area contributed by atoms with Crippen molar-refractivity contribution in [3.63, 3.8) is 0 Å². The van der Waals surface area contributed by atoms with Gasteiger partial charge in [-0.2, -0.15) is 0 Å². The molecule has 2 aromatic heterocycles. The highest BCUT2D eigenvalue weighted by atomic mass is 16.5. The highest BCUT2D eigenvalue weighted by Crippen LogP contribution is 2.32. The van der Waals surface area contributed by atoms with Crippen molar-refractivity contribution in [2.45, 2.75) is 6.04 Å². The van der Waals surface area contributed by atoms with Gasteiger partial charge in [-0.15, -0.1) is 0 Å². The standard InChI is InChI=1S/C18H20N6O/c1-25-13-4-2-3-12(9-13)15-10-20-7-8-24(15)18-14-5-6-16(19)23-17(14)21-11-22-18/h2-6,9,11,15,20H,7-8,10H2,1H3,(H2,19,21,22,23). The molecule has 7 heteroatoms. The molecule has 0 aliphatic carbocycles. The Morgan fingerprint density at radius 1 is 1.24 bits per heavy atom. The van der Waals surface area contributed by atoms with Gasteiger partial charge in [0, 0.05) is 19.6 Å². The summed E-state index contributed by atoms with van der Waals surface area (Å²) in [5.74, 6) is 2.19. The van der Waals surface area contributed by atoms with Crippen molar-refractivity contribution in [2.24, 2.45) is 0 Å². The maximum Gasteiger partial charge on any atom is 0.166 e. The lowest BCUT2D eigenvalue weighted by Gasteiger charge is -2.37. The van der Waals surface area contributed by atoms with E-state index in [2.05, 4.69) is 37.3 Å². The fourth-order valence-electron chi connectivity index (χ4n) is 3.28. The van der Waals surface area contributed by atoms with Gasteiger partial charge < -0.3 is 20.7 Å². The number of nitrogens with zero attached hydrogens (tertiary/aromatic N) is 4. The van der Waals surface area contributed by atoms with Crippen molar-refractivity contribution < 1.29 is 4.74 Å². The number of methoxy groups -OCH3 is 1. The fraction of sp³-hybridized carbons (Fsp3) is 0.278. The van der Waals surface area contributed by atoms with E-state index < -0.39 is 0 Å². The summed E-state index contributed by atoms with van der Waals surface area (Å²) in [6.45, 7) is 2.58. The number of anilines is 2. The van der Waals surface area contributed by atoms with Gasteiger partial charge in [-0.3, -0.25) is 0 Å². The van der Waals surface area contributed by atoms with Gasteiger partial charge >= 0.3 is 0 Å². The number of aromatic nitrogens is 3. The third-order valence-electron chi connectivity index (χ3n) is 4.49. The van der Waals surface area contributed by atoms with E-state index in [1.54, 1.807) is 19.5 Å². The minimum atomic E-state index is 0.152. The van der Waals surface area contributed by atoms with E-state index in [4.69, 9.17) is 10.5 Å². The van der Waals surface area contributed by atoms with Crippen LogP contribution in [-0.2, 0) is 0 Å². The largest absolute Gasteiger partial charge is 0.497 e. The number of fused-ring (bicyclic) bond motifs is 1. The molecule has 4 rings (SSSR count). The van der Waals surface area contributed by atoms with E-state index in [0.717, 1.165) is 36.6 Å². The van der Waals surface area contributed by atoms with Crippen LogP contribution in [0.25, 0.3) is 11.0 Å². The third-order valence-corrected chi connectivity index (χ3v) is 4.49. The molecule has 3 heterocycles. The number of nitrogens with one attached hydrogen (secondary N) is 1. The summed E-state index contributed by atoms with van der Waals surface area (Å²) in [6.07, 6.45) is 1.55. The topological polar surface area (TPSA) is 89.2 Å². The van der Waals surface area contributed by atoms with Gasteiger partial charge in [-0.05, 0) is 29.8 Å². The Morgan fingerprint density at radius 2 is 2.16 bits per heavy atom. The van der Waals surface area contributed by atoms with Gasteiger partial charge in [0.2, 0.25) is 0 Å². The molecule has 1 fully saturated rings. The number of pyridine rings is 1. The Hall–Kier alpha value is -2.93. The number of ether oxygens (including phenoxy) is 1. The van der Waals surface area contributed by atoms with E-state index in [9.17, 15) is 0 Å². The molecular weight excluding hydrogens is 316 g/mol. The molecule has 128 valence electrons. The molecule has 1 aliphatic heterocycles. The summed E-state index contributed by atoms with van der Waals surface area (Å²) >= 11 is 0. The van der Waals surface area contributed by atoms with Crippen molar-refractivity contribution in [3.8, 4) is 5.75 Å². The summed E-state index contributed by atoms with van der Waals surface area (Å²) in [4.78, 5) is 15.4. The average Bonchev–Trinajstić information content (AvgIpc) is 2.67. The molecule has 1 aromatic carbocycles. The minimum absolute atomic E-state index is 0.152. The molecule has 1 atom stereocenters. The Kier molecular flexibility index (Phi) is 4.07. The van der Waals surface area contributed by atoms with Crippen molar-refractivity contribution in [2.75, 3.05) is 37.4 Å². The van der Waals surface area contributed by atoms with Crippen LogP contribution in [0.3, 0.4) is 0 Å². The predicted molar refractivity (Wildman–Crippen MR) is 97.7 cm³/mol. The van der Waals surface area contributed by atoms with Crippen LogP contribution < -0.4 is 20.7 Å². The monoisotopic (exact) mass is 336 g/mol. The summed E-state index contributed by atoms with van der Waals surface area (Å²) in [7, 11) is 1.68. The van der Waals surface area contributed by atoms with Gasteiger partial charge in [0.25, 0.3) is 0 Å². The lowest BCUT2D eigenvalue weighted by atomic mass is 10.0. The molecule has 7 nitrogen and oxygen atoms in total. The maximum atomic E-state index is 5.79. The summed E-state index contributed by atoms with van der Waals surface area (Å²) in [5.41, 5.74) is 7.59. The zero-order valence-electron chi connectivity index (χ0n) is 14.0. The van der Waals surface area contributed by atoms with Crippen molar-refractivity contribution >= 4 is 22.7 Å². The zero-order valence-corrected chi connectivity index (χ0v) is 14.0. The Morgan fingerprint density at radius 3 is 3.04 bits per heavy atom. The second kappa shape index (κ2) is 6.52. The van der Waals surface area contributed by atoms with Crippen LogP contribution in [0.4, 0.5) is 11.6 Å². The van der Waals surface area contributed by atoms with E-state index in [-0.39, 0.29) is 6.04 Å². The molecule has 1 saturated heterocycles. The first-order chi connectivity index (χ1) is 12.3. The second-order valence-corrected chi connectivity index (χ2v) is 5.99. The first kappa shape index (κ1) is 15.6. The molecule has 3 aromatic rings. The number of benzene rings is 1. The molecule has 3 N–H and O–H groups in total. The molecule has 0 bridgehead atoms. The highest BCUT2D eigenvalue weighted by molar-refractivity contribution is 5.88. The van der Waals surface area contributed by atoms with E-state index in [0.29, 0.717) is 11.5 Å². The van der Waals surface area contributed by atoms with E-state index in [1.807, 2.05) is 18.2 Å². The van der Waals surface area contributed by atoms with Crippen LogP contribution in [0.1, 0.15) is 11.6 Å². The molecule has 0 saturated carbocycles. The van der Waals surface area contributed by atoms with Crippen LogP contribution in [0.2, 0.25) is 0 Å². The smallest absolute Gasteiger partial charge is 0.166 e. The molecule has 0 spiro atoms. The van der Waals surface area contributed by atoms with Crippen molar-refractivity contribution in [3.05, 3.63) is 48.3 Å². The van der Waals surface area contributed by atoms with Crippen molar-refractivity contribution in [1.82, 2.24) is 20.3 Å². The molecule has 25 heavy (non-hydrogen) atoms. The Balaban J connectivity index is 1.79. The second-order valence-electron chi connectivity index (χ2n) is 5.99. The fourth-order valence-corrected chi connectivity index (χ4v) is 3.28. The SMILES string of the molecule is COc1cccc(C2CNCCN2c2ncnc3nc(N)ccc23)c1. The number of hydrogen-bond acceptors (Lipinski definition) is 7. The first-order valence-corrected chi connectivity index (χ1v) is 8.25.